The average Bonchev–Trinajstić information content (AvgIpc) is 3.06. The van der Waals surface area contributed by atoms with Crippen molar-refractivity contribution in [3.8, 4) is 0 Å². The zero-order valence-electron chi connectivity index (χ0n) is 17.2. The average molecular weight is 420 g/mol. The van der Waals surface area contributed by atoms with Crippen LogP contribution >= 0.6 is 23.5 Å². The Balaban J connectivity index is 2.04. The molecule has 3 fully saturated rings. The van der Waals surface area contributed by atoms with Crippen LogP contribution in [-0.4, -0.2) is 53.3 Å². The van der Waals surface area contributed by atoms with Gasteiger partial charge in [0.1, 0.15) is 10.4 Å². The zero-order valence-corrected chi connectivity index (χ0v) is 18.7. The Bertz CT molecular complexity index is 764. The van der Waals surface area contributed by atoms with E-state index in [2.05, 4.69) is 18.8 Å². The second kappa shape index (κ2) is 6.99. The summed E-state index contributed by atoms with van der Waals surface area (Å²) < 4.78 is 36.8. The lowest BCUT2D eigenvalue weighted by atomic mass is 9.69. The Kier molecular flexibility index (Phi) is 5.14. The van der Waals surface area contributed by atoms with Crippen LogP contribution in [0, 0.1) is 16.7 Å². The molecule has 148 valence electrons. The molecule has 0 N–H and O–H groups in total. The highest BCUT2D eigenvalue weighted by atomic mass is 32.2. The van der Waals surface area contributed by atoms with E-state index in [0.29, 0.717) is 16.7 Å². The number of aliphatic imine (C=N–C) groups is 1. The molecule has 1 spiro atoms. The molecule has 1 amide bonds. The van der Waals surface area contributed by atoms with E-state index in [0.717, 1.165) is 23.6 Å². The SMILES string of the molecule is [2H][C@@](CCC)(N=C(SC)SC)C(=O)N1C2CC3CCC2(CS1(=O)=O)C3(C)C. The summed E-state index contributed by atoms with van der Waals surface area (Å²) in [4.78, 5) is 17.9. The van der Waals surface area contributed by atoms with Crippen LogP contribution in [0.25, 0.3) is 0 Å². The van der Waals surface area contributed by atoms with Gasteiger partial charge in [-0.25, -0.2) is 12.7 Å². The van der Waals surface area contributed by atoms with E-state index in [1.807, 2.05) is 19.4 Å². The van der Waals surface area contributed by atoms with Crippen molar-refractivity contribution in [2.45, 2.75) is 64.9 Å². The molecule has 5 nitrogen and oxygen atoms in total. The van der Waals surface area contributed by atoms with E-state index in [4.69, 9.17) is 1.37 Å². The Morgan fingerprint density at radius 3 is 2.58 bits per heavy atom. The van der Waals surface area contributed by atoms with Crippen LogP contribution in [0.1, 0.15) is 54.2 Å². The first kappa shape index (κ1) is 19.1. The number of carbonyl (C=O) groups excluding carboxylic acids is 1. The Morgan fingerprint density at radius 1 is 1.38 bits per heavy atom. The van der Waals surface area contributed by atoms with Crippen molar-refractivity contribution in [1.82, 2.24) is 4.31 Å². The van der Waals surface area contributed by atoms with Crippen molar-refractivity contribution in [2.75, 3.05) is 18.3 Å². The highest BCUT2D eigenvalue weighted by molar-refractivity contribution is 8.38. The van der Waals surface area contributed by atoms with Gasteiger partial charge in [0.25, 0.3) is 5.91 Å². The minimum atomic E-state index is -3.73. The Labute approximate surface area is 167 Å². The summed E-state index contributed by atoms with van der Waals surface area (Å²) in [6, 6.07) is -2.09. The predicted octanol–water partition coefficient (Wildman–Crippen LogP) is 3.60. The van der Waals surface area contributed by atoms with Gasteiger partial charge in [0.05, 0.1) is 13.2 Å². The molecule has 2 bridgehead atoms. The van der Waals surface area contributed by atoms with E-state index in [1.54, 1.807) is 0 Å². The minimum absolute atomic E-state index is 0.0315. The van der Waals surface area contributed by atoms with Crippen LogP contribution in [0.4, 0.5) is 0 Å². The van der Waals surface area contributed by atoms with Gasteiger partial charge in [0, 0.05) is 5.41 Å². The number of rotatable bonds is 4. The van der Waals surface area contributed by atoms with E-state index in [-0.39, 0.29) is 29.0 Å². The standard InChI is InChI=1S/C18H30N2O3S3/c1-6-7-13(19-16(24-4)25-5)15(21)20-14-10-12-8-9-18(14,17(12,2)3)11-26(20,22)23/h12-14H,6-11H2,1-5H3/t12?,13-,14?,18?/m0/s1/i13D. The molecular formula is C18H30N2O3S3. The zero-order chi connectivity index (χ0) is 20.3. The quantitative estimate of drug-likeness (QED) is 0.514. The molecule has 0 aromatic rings. The van der Waals surface area contributed by atoms with Gasteiger partial charge < -0.3 is 0 Å². The highest BCUT2D eigenvalue weighted by Crippen LogP contribution is 2.70. The molecule has 3 unspecified atom stereocenters. The van der Waals surface area contributed by atoms with Crippen molar-refractivity contribution in [3.63, 3.8) is 0 Å². The molecule has 2 aliphatic carbocycles. The van der Waals surface area contributed by atoms with Crippen LogP contribution in [-0.2, 0) is 14.8 Å². The molecule has 1 saturated heterocycles. The van der Waals surface area contributed by atoms with Crippen LogP contribution in [0.15, 0.2) is 4.99 Å². The van der Waals surface area contributed by atoms with Gasteiger partial charge in [-0.05, 0) is 49.5 Å². The molecular weight excluding hydrogens is 388 g/mol. The first-order valence-electron chi connectivity index (χ1n) is 9.73. The maximum Gasteiger partial charge on any atom is 0.261 e. The van der Waals surface area contributed by atoms with Crippen molar-refractivity contribution in [1.29, 1.82) is 0 Å². The molecule has 2 saturated carbocycles. The lowest BCUT2D eigenvalue weighted by molar-refractivity contribution is -0.130. The van der Waals surface area contributed by atoms with Crippen molar-refractivity contribution < 1.29 is 14.6 Å². The summed E-state index contributed by atoms with van der Waals surface area (Å²) in [5.74, 6) is -0.185. The molecule has 0 aromatic heterocycles. The fraction of sp³-hybridized carbons (Fsp3) is 0.889. The maximum absolute atomic E-state index is 13.5. The number of carbonyl (C=O) groups is 1. The van der Waals surface area contributed by atoms with E-state index >= 15 is 0 Å². The summed E-state index contributed by atoms with van der Waals surface area (Å²) in [5.41, 5.74) is -0.465. The predicted molar refractivity (Wildman–Crippen MR) is 111 cm³/mol. The van der Waals surface area contributed by atoms with Gasteiger partial charge in [-0.1, -0.05) is 27.2 Å². The Hall–Kier alpha value is -0.210. The lowest BCUT2D eigenvalue weighted by Crippen LogP contribution is -2.47. The first-order valence-corrected chi connectivity index (χ1v) is 13.3. The normalized spacial score (nSPS) is 36.3. The summed E-state index contributed by atoms with van der Waals surface area (Å²) in [7, 11) is -3.73. The number of nitrogens with zero attached hydrogens (tertiary/aromatic N) is 2. The molecule has 3 aliphatic rings. The molecule has 1 heterocycles. The van der Waals surface area contributed by atoms with Crippen LogP contribution in [0.2, 0.25) is 0 Å². The van der Waals surface area contributed by atoms with Gasteiger partial charge in [0.2, 0.25) is 10.0 Å². The van der Waals surface area contributed by atoms with Crippen LogP contribution in [0.5, 0.6) is 0 Å². The van der Waals surface area contributed by atoms with Gasteiger partial charge in [-0.3, -0.25) is 9.79 Å². The van der Waals surface area contributed by atoms with Crippen molar-refractivity contribution in [3.05, 3.63) is 0 Å². The Morgan fingerprint density at radius 2 is 2.04 bits per heavy atom. The number of thioether (sulfide) groups is 2. The van der Waals surface area contributed by atoms with E-state index in [9.17, 15) is 13.2 Å². The largest absolute Gasteiger partial charge is 0.271 e. The summed E-state index contributed by atoms with van der Waals surface area (Å²) >= 11 is 2.77. The molecule has 1 aliphatic heterocycles. The molecule has 8 heteroatoms. The second-order valence-electron chi connectivity index (χ2n) is 8.20. The van der Waals surface area contributed by atoms with E-state index in [1.165, 1.54) is 23.5 Å². The van der Waals surface area contributed by atoms with Gasteiger partial charge in [-0.15, -0.1) is 23.5 Å². The number of hydrogen-bond donors (Lipinski definition) is 0. The number of sulfonamides is 1. The van der Waals surface area contributed by atoms with Crippen LogP contribution in [0.3, 0.4) is 0 Å². The maximum atomic E-state index is 13.5. The third-order valence-electron chi connectivity index (χ3n) is 6.92. The summed E-state index contributed by atoms with van der Waals surface area (Å²) in [6.07, 6.45) is 7.12. The fourth-order valence-corrected chi connectivity index (χ4v) is 9.02. The van der Waals surface area contributed by atoms with Crippen molar-refractivity contribution in [2.24, 2.45) is 21.7 Å². The minimum Gasteiger partial charge on any atom is -0.271 e. The molecule has 26 heavy (non-hydrogen) atoms. The molecule has 3 rings (SSSR count). The molecule has 0 aromatic carbocycles. The second-order valence-corrected chi connectivity index (χ2v) is 11.9. The van der Waals surface area contributed by atoms with Crippen molar-refractivity contribution >= 4 is 43.8 Å². The lowest BCUT2D eigenvalue weighted by Gasteiger charge is -2.37. The first-order chi connectivity index (χ1) is 12.5. The topological polar surface area (TPSA) is 66.8 Å². The number of hydrogen-bond acceptors (Lipinski definition) is 6. The van der Waals surface area contributed by atoms with Crippen LogP contribution < -0.4 is 0 Å². The third-order valence-corrected chi connectivity index (χ3v) is 10.7. The van der Waals surface area contributed by atoms with Gasteiger partial charge >= 0.3 is 0 Å². The highest BCUT2D eigenvalue weighted by Gasteiger charge is 2.72. The van der Waals surface area contributed by atoms with Gasteiger partial charge in [0.15, 0.2) is 0 Å². The van der Waals surface area contributed by atoms with Gasteiger partial charge in [-0.2, -0.15) is 0 Å². The smallest absolute Gasteiger partial charge is 0.261 e. The third kappa shape index (κ3) is 2.85. The molecule has 4 atom stereocenters. The van der Waals surface area contributed by atoms with E-state index < -0.39 is 21.9 Å². The monoisotopic (exact) mass is 419 g/mol. The summed E-state index contributed by atoms with van der Waals surface area (Å²) in [5, 5.41) is 0. The molecule has 0 radical (unpaired) electrons. The fourth-order valence-electron chi connectivity index (χ4n) is 5.42. The number of amides is 1. The number of fused-ring (bicyclic) bond motifs is 1. The summed E-state index contributed by atoms with van der Waals surface area (Å²) in [6.45, 7) is 6.21.